The highest BCUT2D eigenvalue weighted by atomic mass is 31.1. The van der Waals surface area contributed by atoms with Crippen LogP contribution >= 0.6 is 8.25 Å². The fourth-order valence-corrected chi connectivity index (χ4v) is 0. The third-order valence-corrected chi connectivity index (χ3v) is 0.135. The second-order valence-corrected chi connectivity index (χ2v) is 1.40. The van der Waals surface area contributed by atoms with Crippen molar-refractivity contribution in [1.82, 2.24) is 0 Å². The Balaban J connectivity index is 0. The van der Waals surface area contributed by atoms with Crippen LogP contribution in [-0.4, -0.2) is 32.6 Å². The predicted octanol–water partition coefficient (Wildman–Crippen LogP) is -1.58. The molecule has 0 fully saturated rings. The molecule has 9 heavy (non-hydrogen) atoms. The van der Waals surface area contributed by atoms with Crippen molar-refractivity contribution >= 4 is 14.2 Å². The number of aliphatic carboxylic acids is 1. The Labute approximate surface area is 51.3 Å². The number of hydrogen-bond acceptors (Lipinski definition) is 3. The summed E-state index contributed by atoms with van der Waals surface area (Å²) in [5.41, 5.74) is 0. The number of aliphatic hydroxyl groups is 1. The van der Waals surface area contributed by atoms with Crippen molar-refractivity contribution in [1.29, 1.82) is 0 Å². The maximum atomic E-state index is 9.12. The van der Waals surface area contributed by atoms with Gasteiger partial charge < -0.3 is 20.0 Å². The lowest BCUT2D eigenvalue weighted by Gasteiger charge is -1.72. The SMILES string of the molecule is O=C(O)CO.O=[PH](O)O. The molecular formula is C2H7O6P. The average molecular weight is 158 g/mol. The maximum absolute atomic E-state index is 9.12. The van der Waals surface area contributed by atoms with Gasteiger partial charge in [-0.25, -0.2) is 4.79 Å². The van der Waals surface area contributed by atoms with Crippen molar-refractivity contribution in [2.45, 2.75) is 0 Å². The Morgan fingerprint density at radius 3 is 1.56 bits per heavy atom. The average Bonchev–Trinajstić information content (AvgIpc) is 1.65. The van der Waals surface area contributed by atoms with Crippen molar-refractivity contribution in [2.75, 3.05) is 6.61 Å². The summed E-state index contributed by atoms with van der Waals surface area (Å²) in [5, 5.41) is 15.0. The van der Waals surface area contributed by atoms with Crippen molar-refractivity contribution in [3.05, 3.63) is 0 Å². The largest absolute Gasteiger partial charge is 0.480 e. The van der Waals surface area contributed by atoms with Gasteiger partial charge in [0.25, 0.3) is 0 Å². The molecule has 0 rings (SSSR count). The standard InChI is InChI=1S/C2H4O3.H3O3P/c3-1-2(4)5;1-4(2)3/h3H,1H2,(H,4,5);4H,(H2,1,2,3). The van der Waals surface area contributed by atoms with Gasteiger partial charge in [0, 0.05) is 0 Å². The van der Waals surface area contributed by atoms with E-state index in [1.807, 2.05) is 0 Å². The Kier molecular flexibility index (Phi) is 9.59. The number of carboxylic acid groups (broad SMARTS) is 1. The number of carbonyl (C=O) groups is 1. The fraction of sp³-hybridized carbons (Fsp3) is 0.500. The van der Waals surface area contributed by atoms with Crippen LogP contribution in [0.15, 0.2) is 0 Å². The molecule has 0 aromatic rings. The number of rotatable bonds is 1. The maximum Gasteiger partial charge on any atom is 0.329 e. The Morgan fingerprint density at radius 2 is 1.56 bits per heavy atom. The molecule has 0 aromatic heterocycles. The third kappa shape index (κ3) is 94.5. The van der Waals surface area contributed by atoms with Crippen LogP contribution in [0.3, 0.4) is 0 Å². The van der Waals surface area contributed by atoms with Crippen LogP contribution in [0.5, 0.6) is 0 Å². The summed E-state index contributed by atoms with van der Waals surface area (Å²) in [6.45, 7) is -0.778. The quantitative estimate of drug-likeness (QED) is 0.342. The molecule has 0 aliphatic carbocycles. The zero-order chi connectivity index (χ0) is 7.86. The van der Waals surface area contributed by atoms with Gasteiger partial charge in [0.15, 0.2) is 0 Å². The first-order valence-electron chi connectivity index (χ1n) is 1.75. The lowest BCUT2D eigenvalue weighted by molar-refractivity contribution is -0.140. The number of aliphatic hydroxyl groups excluding tert-OH is 1. The van der Waals surface area contributed by atoms with Gasteiger partial charge in [-0.15, -0.1) is 0 Å². The van der Waals surface area contributed by atoms with E-state index in [-0.39, 0.29) is 0 Å². The highest BCUT2D eigenvalue weighted by Crippen LogP contribution is 1.98. The normalized spacial score (nSPS) is 8.00. The molecule has 4 N–H and O–H groups in total. The second-order valence-electron chi connectivity index (χ2n) is 0.834. The monoisotopic (exact) mass is 158 g/mol. The lowest BCUT2D eigenvalue weighted by atomic mass is 10.8. The second kappa shape index (κ2) is 7.58. The molecule has 0 saturated carbocycles. The molecule has 0 aliphatic heterocycles. The van der Waals surface area contributed by atoms with Crippen molar-refractivity contribution in [3.8, 4) is 0 Å². The zero-order valence-corrected chi connectivity index (χ0v) is 5.31. The molecule has 0 unspecified atom stereocenters. The van der Waals surface area contributed by atoms with Crippen molar-refractivity contribution in [3.63, 3.8) is 0 Å². The van der Waals surface area contributed by atoms with Gasteiger partial charge in [-0.2, -0.15) is 0 Å². The van der Waals surface area contributed by atoms with Crippen LogP contribution in [0.2, 0.25) is 0 Å². The molecule has 0 radical (unpaired) electrons. The van der Waals surface area contributed by atoms with Gasteiger partial charge in [0.05, 0.1) is 0 Å². The van der Waals surface area contributed by atoms with Crippen LogP contribution in [0.4, 0.5) is 0 Å². The van der Waals surface area contributed by atoms with Crippen molar-refractivity contribution < 1.29 is 29.4 Å². The van der Waals surface area contributed by atoms with E-state index in [9.17, 15) is 0 Å². The van der Waals surface area contributed by atoms with E-state index in [0.717, 1.165) is 0 Å². The van der Waals surface area contributed by atoms with Crippen molar-refractivity contribution in [2.24, 2.45) is 0 Å². The number of carboxylic acids is 1. The summed E-state index contributed by atoms with van der Waals surface area (Å²) < 4.78 is 8.74. The van der Waals surface area contributed by atoms with Gasteiger partial charge in [-0.3, -0.25) is 4.57 Å². The molecule has 0 aliphatic rings. The first-order chi connectivity index (χ1) is 4.00. The summed E-state index contributed by atoms with van der Waals surface area (Å²) in [5.74, 6) is -1.19. The molecule has 56 valence electrons. The molecule has 0 atom stereocenters. The lowest BCUT2D eigenvalue weighted by Crippen LogP contribution is -1.98. The van der Waals surface area contributed by atoms with Gasteiger partial charge in [0.2, 0.25) is 0 Å². The van der Waals surface area contributed by atoms with Crippen LogP contribution in [0.1, 0.15) is 0 Å². The summed E-state index contributed by atoms with van der Waals surface area (Å²) in [4.78, 5) is 23.4. The zero-order valence-electron chi connectivity index (χ0n) is 4.31. The minimum absolute atomic E-state index is 0.778. The third-order valence-electron chi connectivity index (χ3n) is 0.135. The van der Waals surface area contributed by atoms with Gasteiger partial charge in [-0.1, -0.05) is 0 Å². The van der Waals surface area contributed by atoms with Gasteiger partial charge in [0.1, 0.15) is 6.61 Å². The van der Waals surface area contributed by atoms with E-state index in [4.69, 9.17) is 29.4 Å². The molecule has 0 spiro atoms. The molecule has 0 heterocycles. The topological polar surface area (TPSA) is 115 Å². The molecule has 6 nitrogen and oxygen atoms in total. The first-order valence-corrected chi connectivity index (χ1v) is 3.05. The first kappa shape index (κ1) is 11.4. The Morgan fingerprint density at radius 1 is 1.44 bits per heavy atom. The van der Waals surface area contributed by atoms with E-state index in [2.05, 4.69) is 0 Å². The van der Waals surface area contributed by atoms with Crippen LogP contribution in [-0.2, 0) is 9.36 Å². The highest BCUT2D eigenvalue weighted by Gasteiger charge is 1.82. The Bertz CT molecular complexity index is 95.2. The summed E-state index contributed by atoms with van der Waals surface area (Å²) in [6, 6.07) is 0. The summed E-state index contributed by atoms with van der Waals surface area (Å²) in [7, 11) is -3.13. The molecular weight excluding hydrogens is 151 g/mol. The van der Waals surface area contributed by atoms with Gasteiger partial charge in [-0.05, 0) is 0 Å². The summed E-state index contributed by atoms with van der Waals surface area (Å²) in [6.07, 6.45) is 0. The fourth-order valence-electron chi connectivity index (χ4n) is 0. The minimum atomic E-state index is -3.13. The smallest absolute Gasteiger partial charge is 0.329 e. The Hall–Kier alpha value is -0.420. The minimum Gasteiger partial charge on any atom is -0.480 e. The highest BCUT2D eigenvalue weighted by molar-refractivity contribution is 7.30. The summed E-state index contributed by atoms with van der Waals surface area (Å²) >= 11 is 0. The van der Waals surface area contributed by atoms with E-state index >= 15 is 0 Å². The van der Waals surface area contributed by atoms with E-state index in [0.29, 0.717) is 0 Å². The van der Waals surface area contributed by atoms with Gasteiger partial charge >= 0.3 is 14.2 Å². The predicted molar refractivity (Wildman–Crippen MR) is 28.2 cm³/mol. The van der Waals surface area contributed by atoms with Crippen LogP contribution in [0.25, 0.3) is 0 Å². The molecule has 0 aromatic carbocycles. The number of hydrogen-bond donors (Lipinski definition) is 4. The molecule has 0 amide bonds. The van der Waals surface area contributed by atoms with E-state index in [1.54, 1.807) is 0 Å². The molecule has 0 saturated heterocycles. The van der Waals surface area contributed by atoms with E-state index in [1.165, 1.54) is 0 Å². The van der Waals surface area contributed by atoms with E-state index < -0.39 is 20.8 Å². The van der Waals surface area contributed by atoms with Crippen LogP contribution in [0, 0.1) is 0 Å². The van der Waals surface area contributed by atoms with Crippen LogP contribution < -0.4 is 0 Å². The molecule has 0 bridgehead atoms. The molecule has 7 heteroatoms.